The molecule has 5 nitrogen and oxygen atoms in total. The highest BCUT2D eigenvalue weighted by Gasteiger charge is 2.28. The lowest BCUT2D eigenvalue weighted by atomic mass is 10.0. The molecule has 0 rings (SSSR count). The zero-order valence-corrected chi connectivity index (χ0v) is 10.4. The molecule has 0 aromatic rings. The largest absolute Gasteiger partial charge is 0.467 e. The Morgan fingerprint density at radius 2 is 1.56 bits per heavy atom. The Kier molecular flexibility index (Phi) is 5.71. The van der Waals surface area contributed by atoms with Crippen molar-refractivity contribution in [2.45, 2.75) is 33.7 Å². The number of amides is 1. The van der Waals surface area contributed by atoms with Crippen molar-refractivity contribution in [3.63, 3.8) is 0 Å². The third-order valence-electron chi connectivity index (χ3n) is 2.16. The van der Waals surface area contributed by atoms with Crippen molar-refractivity contribution in [2.75, 3.05) is 7.11 Å². The average Bonchev–Trinajstić information content (AvgIpc) is 2.22. The van der Waals surface area contributed by atoms with Gasteiger partial charge in [-0.2, -0.15) is 0 Å². The molecule has 0 fully saturated rings. The fraction of sp³-hybridized carbons (Fsp3) is 0.727. The first-order chi connectivity index (χ1) is 7.31. The molecule has 1 amide bonds. The van der Waals surface area contributed by atoms with E-state index in [2.05, 4.69) is 10.1 Å². The number of nitrogens with one attached hydrogen (secondary N) is 1. The van der Waals surface area contributed by atoms with Gasteiger partial charge in [-0.05, 0) is 5.92 Å². The minimum Gasteiger partial charge on any atom is -0.467 e. The topological polar surface area (TPSA) is 72.5 Å². The molecule has 0 aromatic heterocycles. The van der Waals surface area contributed by atoms with Gasteiger partial charge < -0.3 is 10.1 Å². The first kappa shape index (κ1) is 14.6. The van der Waals surface area contributed by atoms with Gasteiger partial charge in [-0.25, -0.2) is 4.79 Å². The summed E-state index contributed by atoms with van der Waals surface area (Å²) < 4.78 is 4.55. The Hall–Kier alpha value is -1.39. The lowest BCUT2D eigenvalue weighted by Crippen LogP contribution is -2.48. The van der Waals surface area contributed by atoms with E-state index in [9.17, 15) is 14.4 Å². The molecule has 92 valence electrons. The van der Waals surface area contributed by atoms with Crippen LogP contribution >= 0.6 is 0 Å². The van der Waals surface area contributed by atoms with Crippen LogP contribution in [0.3, 0.4) is 0 Å². The van der Waals surface area contributed by atoms with Crippen molar-refractivity contribution in [1.29, 1.82) is 0 Å². The maximum absolute atomic E-state index is 11.5. The fourth-order valence-corrected chi connectivity index (χ4v) is 1.10. The summed E-state index contributed by atoms with van der Waals surface area (Å²) in [6, 6.07) is -0.778. The highest BCUT2D eigenvalue weighted by atomic mass is 16.5. The maximum atomic E-state index is 11.5. The number of rotatable bonds is 5. The summed E-state index contributed by atoms with van der Waals surface area (Å²) in [5.74, 6) is -2.32. The Labute approximate surface area is 95.5 Å². The second kappa shape index (κ2) is 6.25. The van der Waals surface area contributed by atoms with E-state index in [0.717, 1.165) is 0 Å². The molecular formula is C11H19NO4. The standard InChI is InChI=1S/C11H19NO4/c1-6(2)8(11(15)16-5)12-10(14)9(13)7(3)4/h6-8H,1-5H3,(H,12,14)/t8-/m0/s1. The van der Waals surface area contributed by atoms with Crippen molar-refractivity contribution < 1.29 is 19.1 Å². The number of carbonyl (C=O) groups excluding carboxylic acids is 3. The normalized spacial score (nSPS) is 12.4. The van der Waals surface area contributed by atoms with E-state index >= 15 is 0 Å². The highest BCUT2D eigenvalue weighted by Crippen LogP contribution is 2.04. The number of methoxy groups -OCH3 is 1. The van der Waals surface area contributed by atoms with Crippen LogP contribution < -0.4 is 5.32 Å². The first-order valence-corrected chi connectivity index (χ1v) is 5.23. The summed E-state index contributed by atoms with van der Waals surface area (Å²) >= 11 is 0. The number of ether oxygens (including phenoxy) is 1. The number of carbonyl (C=O) groups is 3. The van der Waals surface area contributed by atoms with Crippen LogP contribution in [-0.4, -0.2) is 30.8 Å². The molecule has 16 heavy (non-hydrogen) atoms. The van der Waals surface area contributed by atoms with Crippen molar-refractivity contribution in [2.24, 2.45) is 11.8 Å². The van der Waals surface area contributed by atoms with E-state index in [1.807, 2.05) is 0 Å². The second-order valence-corrected chi connectivity index (χ2v) is 4.24. The van der Waals surface area contributed by atoms with Crippen LogP contribution in [0.25, 0.3) is 0 Å². The fourth-order valence-electron chi connectivity index (χ4n) is 1.10. The molecule has 0 aromatic carbocycles. The molecule has 0 spiro atoms. The summed E-state index contributed by atoms with van der Waals surface area (Å²) in [7, 11) is 1.24. The van der Waals surface area contributed by atoms with Crippen LogP contribution in [-0.2, 0) is 19.1 Å². The molecule has 0 bridgehead atoms. The molecule has 0 aliphatic carbocycles. The number of esters is 1. The van der Waals surface area contributed by atoms with Crippen molar-refractivity contribution in [1.82, 2.24) is 5.32 Å². The molecule has 0 aliphatic rings. The van der Waals surface area contributed by atoms with Crippen molar-refractivity contribution in [3.05, 3.63) is 0 Å². The number of hydrogen-bond donors (Lipinski definition) is 1. The van der Waals surface area contributed by atoms with E-state index in [0.29, 0.717) is 0 Å². The van der Waals surface area contributed by atoms with Gasteiger partial charge >= 0.3 is 5.97 Å². The quantitative estimate of drug-likeness (QED) is 0.551. The van der Waals surface area contributed by atoms with Crippen molar-refractivity contribution >= 4 is 17.7 Å². The van der Waals surface area contributed by atoms with Gasteiger partial charge in [-0.3, -0.25) is 9.59 Å². The van der Waals surface area contributed by atoms with Gasteiger partial charge in [0.1, 0.15) is 6.04 Å². The summed E-state index contributed by atoms with van der Waals surface area (Å²) in [5.41, 5.74) is 0. The molecule has 1 atom stereocenters. The van der Waals surface area contributed by atoms with Crippen LogP contribution in [0, 0.1) is 11.8 Å². The molecule has 0 heterocycles. The van der Waals surface area contributed by atoms with Gasteiger partial charge in [0.2, 0.25) is 5.78 Å². The van der Waals surface area contributed by atoms with E-state index in [-0.39, 0.29) is 11.8 Å². The zero-order chi connectivity index (χ0) is 12.9. The van der Waals surface area contributed by atoms with Crippen LogP contribution in [0.4, 0.5) is 0 Å². The molecule has 0 unspecified atom stereocenters. The number of hydrogen-bond acceptors (Lipinski definition) is 4. The summed E-state index contributed by atoms with van der Waals surface area (Å²) in [6.07, 6.45) is 0. The SMILES string of the molecule is COC(=O)[C@@H](NC(=O)C(=O)C(C)C)C(C)C. The van der Waals surface area contributed by atoms with Gasteiger partial charge in [-0.1, -0.05) is 27.7 Å². The van der Waals surface area contributed by atoms with Crippen LogP contribution in [0.1, 0.15) is 27.7 Å². The predicted molar refractivity (Wildman–Crippen MR) is 58.6 cm³/mol. The number of Topliss-reactive ketones (excluding diaryl/α,β-unsaturated/α-hetero) is 1. The number of ketones is 1. The Balaban J connectivity index is 4.59. The van der Waals surface area contributed by atoms with Gasteiger partial charge in [0.25, 0.3) is 5.91 Å². The Morgan fingerprint density at radius 1 is 1.06 bits per heavy atom. The third kappa shape index (κ3) is 4.00. The average molecular weight is 229 g/mol. The van der Waals surface area contributed by atoms with Gasteiger partial charge in [0.15, 0.2) is 0 Å². The Bertz CT molecular complexity index is 284. The van der Waals surface area contributed by atoms with Crippen LogP contribution in [0.2, 0.25) is 0 Å². The van der Waals surface area contributed by atoms with Gasteiger partial charge in [-0.15, -0.1) is 0 Å². The molecular weight excluding hydrogens is 210 g/mol. The van der Waals surface area contributed by atoms with E-state index in [1.165, 1.54) is 7.11 Å². The maximum Gasteiger partial charge on any atom is 0.328 e. The van der Waals surface area contributed by atoms with Crippen LogP contribution in [0.15, 0.2) is 0 Å². The lowest BCUT2D eigenvalue weighted by molar-refractivity contribution is -0.148. The van der Waals surface area contributed by atoms with Gasteiger partial charge in [0.05, 0.1) is 7.11 Å². The zero-order valence-electron chi connectivity index (χ0n) is 10.4. The second-order valence-electron chi connectivity index (χ2n) is 4.24. The third-order valence-corrected chi connectivity index (χ3v) is 2.16. The predicted octanol–water partition coefficient (Wildman–Crippen LogP) is 0.525. The molecule has 0 radical (unpaired) electrons. The van der Waals surface area contributed by atoms with Crippen molar-refractivity contribution in [3.8, 4) is 0 Å². The molecule has 5 heteroatoms. The lowest BCUT2D eigenvalue weighted by Gasteiger charge is -2.19. The first-order valence-electron chi connectivity index (χ1n) is 5.23. The van der Waals surface area contributed by atoms with Gasteiger partial charge in [0, 0.05) is 5.92 Å². The molecule has 1 N–H and O–H groups in total. The van der Waals surface area contributed by atoms with E-state index < -0.39 is 23.7 Å². The monoisotopic (exact) mass is 229 g/mol. The van der Waals surface area contributed by atoms with E-state index in [1.54, 1.807) is 27.7 Å². The summed E-state index contributed by atoms with van der Waals surface area (Å²) in [6.45, 7) is 6.79. The minimum atomic E-state index is -0.778. The smallest absolute Gasteiger partial charge is 0.328 e. The molecule has 0 saturated heterocycles. The van der Waals surface area contributed by atoms with Crippen LogP contribution in [0.5, 0.6) is 0 Å². The highest BCUT2D eigenvalue weighted by molar-refractivity contribution is 6.37. The Morgan fingerprint density at radius 3 is 1.88 bits per heavy atom. The minimum absolute atomic E-state index is 0.128. The summed E-state index contributed by atoms with van der Waals surface area (Å²) in [4.78, 5) is 34.1. The summed E-state index contributed by atoms with van der Waals surface area (Å²) in [5, 5.41) is 2.39. The molecule has 0 aliphatic heterocycles. The molecule has 0 saturated carbocycles. The van der Waals surface area contributed by atoms with E-state index in [4.69, 9.17) is 0 Å².